The van der Waals surface area contributed by atoms with Gasteiger partial charge in [0.15, 0.2) is 0 Å². The molecule has 2 aliphatic carbocycles. The lowest BCUT2D eigenvalue weighted by Gasteiger charge is -2.59. The van der Waals surface area contributed by atoms with Crippen molar-refractivity contribution in [2.75, 3.05) is 7.11 Å². The van der Waals surface area contributed by atoms with Gasteiger partial charge in [0.2, 0.25) is 11.8 Å². The van der Waals surface area contributed by atoms with Gasteiger partial charge in [-0.2, -0.15) is 0 Å². The van der Waals surface area contributed by atoms with Gasteiger partial charge < -0.3 is 15.0 Å². The molecule has 3 atom stereocenters. The zero-order chi connectivity index (χ0) is 15.4. The van der Waals surface area contributed by atoms with E-state index in [0.29, 0.717) is 0 Å². The van der Waals surface area contributed by atoms with Crippen molar-refractivity contribution in [1.82, 2.24) is 10.2 Å². The van der Waals surface area contributed by atoms with E-state index in [4.69, 9.17) is 4.74 Å². The largest absolute Gasteiger partial charge is 0.381 e. The van der Waals surface area contributed by atoms with Crippen molar-refractivity contribution in [3.05, 3.63) is 0 Å². The van der Waals surface area contributed by atoms with Crippen molar-refractivity contribution in [2.24, 2.45) is 5.41 Å². The first kappa shape index (κ1) is 14.8. The lowest BCUT2D eigenvalue weighted by molar-refractivity contribution is -0.182. The average Bonchev–Trinajstić information content (AvgIpc) is 2.89. The molecule has 1 N–H and O–H groups in total. The predicted octanol–water partition coefficient (Wildman–Crippen LogP) is 1.46. The number of ether oxygens (including phenoxy) is 1. The number of amides is 2. The van der Waals surface area contributed by atoms with E-state index < -0.39 is 5.54 Å². The van der Waals surface area contributed by atoms with Crippen molar-refractivity contribution < 1.29 is 14.3 Å². The molecule has 0 bridgehead atoms. The van der Waals surface area contributed by atoms with Crippen LogP contribution in [0.2, 0.25) is 0 Å². The van der Waals surface area contributed by atoms with E-state index in [2.05, 4.69) is 19.2 Å². The van der Waals surface area contributed by atoms with Crippen LogP contribution in [0.3, 0.4) is 0 Å². The summed E-state index contributed by atoms with van der Waals surface area (Å²) in [4.78, 5) is 27.3. The molecule has 3 fully saturated rings. The second-order valence-electron chi connectivity index (χ2n) is 7.46. The Morgan fingerprint density at radius 1 is 1.24 bits per heavy atom. The lowest BCUT2D eigenvalue weighted by atomic mass is 9.63. The summed E-state index contributed by atoms with van der Waals surface area (Å²) in [5.74, 6) is 0.118. The number of carbonyl (C=O) groups excluding carboxylic acids is 2. The van der Waals surface area contributed by atoms with Gasteiger partial charge in [0.25, 0.3) is 0 Å². The maximum atomic E-state index is 13.1. The van der Waals surface area contributed by atoms with Gasteiger partial charge in [0, 0.05) is 18.6 Å². The Kier molecular flexibility index (Phi) is 3.32. The van der Waals surface area contributed by atoms with Gasteiger partial charge in [-0.25, -0.2) is 0 Å². The summed E-state index contributed by atoms with van der Waals surface area (Å²) in [5, 5.41) is 3.02. The second-order valence-corrected chi connectivity index (χ2v) is 7.46. The van der Waals surface area contributed by atoms with E-state index in [1.54, 1.807) is 7.11 Å². The molecule has 2 saturated carbocycles. The van der Waals surface area contributed by atoms with Crippen molar-refractivity contribution in [2.45, 2.75) is 76.6 Å². The monoisotopic (exact) mass is 294 g/mol. The maximum Gasteiger partial charge on any atom is 0.249 e. The molecular formula is C16H26N2O3. The van der Waals surface area contributed by atoms with Crippen LogP contribution in [0.1, 0.15) is 52.9 Å². The molecule has 1 saturated heterocycles. The Labute approximate surface area is 126 Å². The predicted molar refractivity (Wildman–Crippen MR) is 78.6 cm³/mol. The highest BCUT2D eigenvalue weighted by Crippen LogP contribution is 2.48. The number of nitrogens with one attached hydrogen (secondary N) is 1. The molecule has 3 rings (SSSR count). The number of carbonyl (C=O) groups is 2. The topological polar surface area (TPSA) is 58.6 Å². The minimum atomic E-state index is -0.627. The second kappa shape index (κ2) is 4.70. The van der Waals surface area contributed by atoms with Crippen LogP contribution in [0, 0.1) is 5.41 Å². The molecule has 0 aromatic rings. The minimum Gasteiger partial charge on any atom is -0.381 e. The van der Waals surface area contributed by atoms with Crippen molar-refractivity contribution in [3.8, 4) is 0 Å². The van der Waals surface area contributed by atoms with E-state index in [0.717, 1.165) is 32.1 Å². The van der Waals surface area contributed by atoms with Gasteiger partial charge in [-0.05, 0) is 26.2 Å². The number of piperazine rings is 1. The van der Waals surface area contributed by atoms with E-state index in [9.17, 15) is 9.59 Å². The molecule has 21 heavy (non-hydrogen) atoms. The standard InChI is InChI=1S/C16H26N2O3/c1-10-13(19)17-16(7-5-6-8-16)14(20)18(10)11-9-12(21-4)15(11,2)3/h10-12H,5-9H2,1-4H3,(H,17,19). The van der Waals surface area contributed by atoms with Crippen LogP contribution < -0.4 is 5.32 Å². The molecule has 5 heteroatoms. The first-order chi connectivity index (χ1) is 9.83. The third-order valence-corrected chi connectivity index (χ3v) is 6.01. The summed E-state index contributed by atoms with van der Waals surface area (Å²) in [5.41, 5.74) is -0.728. The smallest absolute Gasteiger partial charge is 0.249 e. The zero-order valence-electron chi connectivity index (χ0n) is 13.4. The van der Waals surface area contributed by atoms with Crippen LogP contribution in [-0.4, -0.2) is 47.6 Å². The average molecular weight is 294 g/mol. The molecule has 2 amide bonds. The molecule has 5 nitrogen and oxygen atoms in total. The normalized spacial score (nSPS) is 37.5. The Morgan fingerprint density at radius 2 is 1.86 bits per heavy atom. The number of rotatable bonds is 2. The van der Waals surface area contributed by atoms with Crippen LogP contribution in [0.5, 0.6) is 0 Å². The summed E-state index contributed by atoms with van der Waals surface area (Å²) in [6.45, 7) is 6.09. The van der Waals surface area contributed by atoms with Crippen LogP contribution in [0.4, 0.5) is 0 Å². The van der Waals surface area contributed by atoms with Crippen LogP contribution in [0.15, 0.2) is 0 Å². The summed E-state index contributed by atoms with van der Waals surface area (Å²) < 4.78 is 5.50. The number of methoxy groups -OCH3 is 1. The van der Waals surface area contributed by atoms with Crippen LogP contribution >= 0.6 is 0 Å². The van der Waals surface area contributed by atoms with Gasteiger partial charge in [-0.3, -0.25) is 9.59 Å². The van der Waals surface area contributed by atoms with E-state index >= 15 is 0 Å². The minimum absolute atomic E-state index is 0.00633. The molecule has 118 valence electrons. The van der Waals surface area contributed by atoms with Gasteiger partial charge in [-0.1, -0.05) is 26.7 Å². The Bertz CT molecular complexity index is 468. The fraction of sp³-hybridized carbons (Fsp3) is 0.875. The van der Waals surface area contributed by atoms with E-state index in [1.807, 2.05) is 11.8 Å². The quantitative estimate of drug-likeness (QED) is 0.839. The van der Waals surface area contributed by atoms with Crippen LogP contribution in [-0.2, 0) is 14.3 Å². The number of nitrogens with zero attached hydrogens (tertiary/aromatic N) is 1. The zero-order valence-corrected chi connectivity index (χ0v) is 13.4. The third-order valence-electron chi connectivity index (χ3n) is 6.01. The Balaban J connectivity index is 1.89. The highest BCUT2D eigenvalue weighted by atomic mass is 16.5. The number of hydrogen-bond acceptors (Lipinski definition) is 3. The Morgan fingerprint density at radius 3 is 2.38 bits per heavy atom. The van der Waals surface area contributed by atoms with Gasteiger partial charge in [-0.15, -0.1) is 0 Å². The highest BCUT2D eigenvalue weighted by Gasteiger charge is 2.59. The van der Waals surface area contributed by atoms with Crippen molar-refractivity contribution >= 4 is 11.8 Å². The molecule has 3 unspecified atom stereocenters. The first-order valence-corrected chi connectivity index (χ1v) is 8.01. The van der Waals surface area contributed by atoms with Crippen LogP contribution in [0.25, 0.3) is 0 Å². The molecule has 0 radical (unpaired) electrons. The molecule has 3 aliphatic rings. The summed E-state index contributed by atoms with van der Waals surface area (Å²) in [7, 11) is 1.72. The summed E-state index contributed by atoms with van der Waals surface area (Å²) in [6, 6.07) is -0.292. The van der Waals surface area contributed by atoms with Gasteiger partial charge in [0.05, 0.1) is 6.10 Å². The molecule has 0 aromatic carbocycles. The van der Waals surface area contributed by atoms with Crippen molar-refractivity contribution in [1.29, 1.82) is 0 Å². The van der Waals surface area contributed by atoms with Gasteiger partial charge in [0.1, 0.15) is 11.6 Å². The summed E-state index contributed by atoms with van der Waals surface area (Å²) in [6.07, 6.45) is 4.57. The fourth-order valence-corrected chi connectivity index (χ4v) is 4.41. The SMILES string of the molecule is COC1CC(N2C(=O)C3(CCCC3)NC(=O)C2C)C1(C)C. The molecular weight excluding hydrogens is 268 g/mol. The van der Waals surface area contributed by atoms with E-state index in [-0.39, 0.29) is 35.4 Å². The highest BCUT2D eigenvalue weighted by molar-refractivity contribution is 6.00. The number of hydrogen-bond donors (Lipinski definition) is 1. The molecule has 1 heterocycles. The maximum absolute atomic E-state index is 13.1. The fourth-order valence-electron chi connectivity index (χ4n) is 4.41. The molecule has 0 aromatic heterocycles. The van der Waals surface area contributed by atoms with Crippen molar-refractivity contribution in [3.63, 3.8) is 0 Å². The molecule has 1 aliphatic heterocycles. The molecule has 1 spiro atoms. The first-order valence-electron chi connectivity index (χ1n) is 8.01. The summed E-state index contributed by atoms with van der Waals surface area (Å²) >= 11 is 0. The third kappa shape index (κ3) is 1.93. The Hall–Kier alpha value is -1.10. The van der Waals surface area contributed by atoms with E-state index in [1.165, 1.54) is 0 Å². The lowest BCUT2D eigenvalue weighted by Crippen LogP contribution is -2.75. The van der Waals surface area contributed by atoms with Gasteiger partial charge >= 0.3 is 0 Å².